The molecule has 0 aromatic carbocycles. The topological polar surface area (TPSA) is 74.8 Å². The van der Waals surface area contributed by atoms with Gasteiger partial charge in [0.25, 0.3) is 0 Å². The molecule has 0 aliphatic heterocycles. The van der Waals surface area contributed by atoms with Gasteiger partial charge in [-0.25, -0.2) is 19.1 Å². The predicted molar refractivity (Wildman–Crippen MR) is 83.6 cm³/mol. The Labute approximate surface area is 146 Å². The smallest absolute Gasteiger partial charge is 0.338 e. The zero-order chi connectivity index (χ0) is 23.9. The van der Waals surface area contributed by atoms with Crippen molar-refractivity contribution in [2.75, 3.05) is 0 Å². The second-order valence-corrected chi connectivity index (χ2v) is 4.32. The summed E-state index contributed by atoms with van der Waals surface area (Å²) >= 11 is 0. The number of aromatic nitrogens is 5. The van der Waals surface area contributed by atoms with Crippen LogP contribution in [0.2, 0.25) is 0 Å². The molecule has 0 N–H and O–H groups in total. The van der Waals surface area contributed by atoms with Crippen LogP contribution in [0.5, 0.6) is 0 Å². The van der Waals surface area contributed by atoms with Crippen LogP contribution < -0.4 is 0 Å². The maximum absolute atomic E-state index is 12.9. The van der Waals surface area contributed by atoms with E-state index in [1.807, 2.05) is 0 Å². The van der Waals surface area contributed by atoms with Gasteiger partial charge in [0, 0.05) is 35.8 Å². The van der Waals surface area contributed by atoms with Crippen LogP contribution in [0.3, 0.4) is 0 Å². The molecule has 0 amide bonds. The lowest BCUT2D eigenvalue weighted by Crippen LogP contribution is -2.15. The van der Waals surface area contributed by atoms with Crippen LogP contribution in [0.4, 0.5) is 0 Å². The number of esters is 1. The summed E-state index contributed by atoms with van der Waals surface area (Å²) in [6.07, 6.45) is -1.50. The van der Waals surface area contributed by atoms with E-state index < -0.39 is 32.1 Å². The molecule has 23 heavy (non-hydrogen) atoms. The predicted octanol–water partition coefficient (Wildman–Crippen LogP) is 2.41. The quantitative estimate of drug-likeness (QED) is 0.675. The third-order valence-corrected chi connectivity index (χ3v) is 2.82. The Morgan fingerprint density at radius 3 is 2.43 bits per heavy atom. The van der Waals surface area contributed by atoms with Crippen LogP contribution >= 0.6 is 0 Å². The highest BCUT2D eigenvalue weighted by Crippen LogP contribution is 2.15. The van der Waals surface area contributed by atoms with Crippen LogP contribution in [-0.4, -0.2) is 36.6 Å². The first kappa shape index (κ1) is 7.54. The van der Waals surface area contributed by atoms with Crippen molar-refractivity contribution in [2.24, 2.45) is 0 Å². The summed E-state index contributed by atoms with van der Waals surface area (Å²) in [5, 5.41) is 8.01. The van der Waals surface area contributed by atoms with E-state index in [1.165, 1.54) is 46.3 Å². The van der Waals surface area contributed by atoms with Gasteiger partial charge in [-0.2, -0.15) is 10.2 Å². The van der Waals surface area contributed by atoms with Crippen LogP contribution in [0, 0.1) is 0 Å². The molecule has 0 aliphatic carbocycles. The van der Waals surface area contributed by atoms with Gasteiger partial charge in [-0.15, -0.1) is 0 Å². The van der Waals surface area contributed by atoms with Gasteiger partial charge in [0.15, 0.2) is 11.6 Å². The van der Waals surface area contributed by atoms with Gasteiger partial charge in [0.1, 0.15) is 0 Å². The number of carbonyl (C=O) groups excluding carboxylic acids is 1. The van der Waals surface area contributed by atoms with Crippen LogP contribution in [0.1, 0.15) is 42.8 Å². The molecule has 3 rings (SSSR count). The van der Waals surface area contributed by atoms with Gasteiger partial charge >= 0.3 is 5.97 Å². The van der Waals surface area contributed by atoms with Crippen LogP contribution in [-0.2, 0) is 4.74 Å². The van der Waals surface area contributed by atoms with Crippen molar-refractivity contribution in [2.45, 2.75) is 26.2 Å². The Balaban J connectivity index is 2.09. The summed E-state index contributed by atoms with van der Waals surface area (Å²) in [5.74, 6) is -1.22. The van der Waals surface area contributed by atoms with E-state index in [1.54, 1.807) is 12.1 Å². The highest BCUT2D eigenvalue weighted by molar-refractivity contribution is 5.90. The maximum Gasteiger partial charge on any atom is 0.338 e. The SMILES string of the molecule is [2H]C([2H])([2H])C([2H])([2H])C([2H])(OC(=O)c1cc(-n2cccn2)nc(-n2cccn2)c1)C([2H])([2H])[2H]. The van der Waals surface area contributed by atoms with Gasteiger partial charge < -0.3 is 4.74 Å². The highest BCUT2D eigenvalue weighted by atomic mass is 16.5. The minimum absolute atomic E-state index is 0.109. The normalized spacial score (nSPS) is 21.0. The molecule has 118 valence electrons. The van der Waals surface area contributed by atoms with Gasteiger partial charge in [-0.1, -0.05) is 6.85 Å². The molecule has 1 atom stereocenters. The first-order chi connectivity index (χ1) is 14.7. The number of hydrogen-bond acceptors (Lipinski definition) is 5. The molecule has 3 heterocycles. The third-order valence-electron chi connectivity index (χ3n) is 2.82. The fourth-order valence-corrected chi connectivity index (χ4v) is 1.84. The first-order valence-electron chi connectivity index (χ1n) is 10.9. The Morgan fingerprint density at radius 1 is 1.30 bits per heavy atom. The highest BCUT2D eigenvalue weighted by Gasteiger charge is 2.15. The monoisotopic (exact) mass is 320 g/mol. The van der Waals surface area contributed by atoms with Gasteiger partial charge in [-0.05, 0) is 37.5 Å². The van der Waals surface area contributed by atoms with Crippen molar-refractivity contribution in [1.82, 2.24) is 24.5 Å². The molecule has 3 aromatic heterocycles. The van der Waals surface area contributed by atoms with Gasteiger partial charge in [0.2, 0.25) is 0 Å². The number of hydrogen-bond donors (Lipinski definition) is 0. The van der Waals surface area contributed by atoms with E-state index in [-0.39, 0.29) is 17.2 Å². The lowest BCUT2D eigenvalue weighted by molar-refractivity contribution is 0.0334. The summed E-state index contributed by atoms with van der Waals surface area (Å²) < 4.78 is 75.7. The van der Waals surface area contributed by atoms with Crippen molar-refractivity contribution in [1.29, 1.82) is 0 Å². The molecule has 0 fully saturated rings. The zero-order valence-electron chi connectivity index (χ0n) is 20.7. The first-order valence-corrected chi connectivity index (χ1v) is 6.43. The molecule has 3 aromatic rings. The zero-order valence-corrected chi connectivity index (χ0v) is 11.7. The van der Waals surface area contributed by atoms with Crippen molar-refractivity contribution in [3.05, 3.63) is 54.6 Å². The molecule has 0 saturated carbocycles. The molecule has 7 heteroatoms. The van der Waals surface area contributed by atoms with Crippen molar-refractivity contribution in [3.63, 3.8) is 0 Å². The van der Waals surface area contributed by atoms with E-state index in [0.717, 1.165) is 0 Å². The van der Waals surface area contributed by atoms with E-state index in [9.17, 15) is 4.79 Å². The Hall–Kier alpha value is -2.96. The lowest BCUT2D eigenvalue weighted by Gasteiger charge is -2.12. The minimum Gasteiger partial charge on any atom is -0.459 e. The summed E-state index contributed by atoms with van der Waals surface area (Å²) in [4.78, 5) is 17.2. The summed E-state index contributed by atoms with van der Waals surface area (Å²) in [6, 6.07) is 5.53. The summed E-state index contributed by atoms with van der Waals surface area (Å²) in [6.45, 7) is -7.19. The molecular weight excluding hydrogens is 294 g/mol. The average molecular weight is 320 g/mol. The van der Waals surface area contributed by atoms with Crippen molar-refractivity contribution >= 4 is 5.97 Å². The molecular formula is C16H17N5O2. The minimum atomic E-state index is -3.73. The molecule has 1 unspecified atom stereocenters. The Bertz CT molecular complexity index is 1040. The largest absolute Gasteiger partial charge is 0.459 e. The van der Waals surface area contributed by atoms with Crippen molar-refractivity contribution in [3.8, 4) is 11.6 Å². The number of nitrogens with zero attached hydrogens (tertiary/aromatic N) is 5. The number of rotatable bonds is 5. The molecule has 0 saturated heterocycles. The number of ether oxygens (including phenoxy) is 1. The van der Waals surface area contributed by atoms with E-state index in [2.05, 4.69) is 15.2 Å². The third kappa shape index (κ3) is 3.28. The van der Waals surface area contributed by atoms with Gasteiger partial charge in [0.05, 0.1) is 13.0 Å². The van der Waals surface area contributed by atoms with Crippen LogP contribution in [0.25, 0.3) is 11.6 Å². The van der Waals surface area contributed by atoms with Crippen molar-refractivity contribution < 1.29 is 21.9 Å². The number of pyridine rings is 1. The molecule has 0 aliphatic rings. The van der Waals surface area contributed by atoms with Gasteiger partial charge in [-0.3, -0.25) is 0 Å². The van der Waals surface area contributed by atoms with E-state index in [4.69, 9.17) is 17.1 Å². The second-order valence-electron chi connectivity index (χ2n) is 4.32. The molecule has 7 nitrogen and oxygen atoms in total. The average Bonchev–Trinajstić information content (AvgIpc) is 3.39. The Morgan fingerprint density at radius 2 is 1.96 bits per heavy atom. The van der Waals surface area contributed by atoms with Crippen LogP contribution in [0.15, 0.2) is 49.1 Å². The van der Waals surface area contributed by atoms with E-state index >= 15 is 0 Å². The van der Waals surface area contributed by atoms with E-state index in [0.29, 0.717) is 0 Å². The standard InChI is InChI=1S/C16H17N5O2/c1-3-12(2)23-16(22)13-10-14(20-8-4-6-17-20)19-15(11-13)21-9-5-7-18-21/h4-12H,3H2,1-2H3/i1D3,2D3,3D2,12D. The second kappa shape index (κ2) is 6.43. The summed E-state index contributed by atoms with van der Waals surface area (Å²) in [5.41, 5.74) is -0.321. The maximum atomic E-state index is 12.9. The fraction of sp³-hybridized carbons (Fsp3) is 0.250. The molecule has 0 radical (unpaired) electrons. The summed E-state index contributed by atoms with van der Waals surface area (Å²) in [7, 11) is 0. The molecule has 0 spiro atoms. The molecule has 0 bridgehead atoms. The Kier molecular flexibility index (Phi) is 2.11. The number of carbonyl (C=O) groups is 1. The fourth-order valence-electron chi connectivity index (χ4n) is 1.84. The lowest BCUT2D eigenvalue weighted by atomic mass is 10.2.